The molecule has 0 aliphatic heterocycles. The van der Waals surface area contributed by atoms with Crippen LogP contribution >= 0.6 is 0 Å². The molecule has 1 N–H and O–H groups in total. The van der Waals surface area contributed by atoms with Crippen LogP contribution in [0.2, 0.25) is 0 Å². The van der Waals surface area contributed by atoms with Gasteiger partial charge in [0, 0.05) is 42.9 Å². The fourth-order valence-electron chi connectivity index (χ4n) is 3.67. The molecule has 192 valence electrons. The topological polar surface area (TPSA) is 85.8 Å². The van der Waals surface area contributed by atoms with Gasteiger partial charge < -0.3 is 24.4 Å². The standard InChI is InChI=1S/C28H36N4O4/c1-5-6-16-32(2)17-15-30-28(33)23-9-7-8-22(20-23)27-29-14-12-26(31-27)36-18-13-21-10-11-24(34-3)25(19-21)35-4/h7-12,14,19-20H,5-6,13,15-18H2,1-4H3,(H,30,33). The summed E-state index contributed by atoms with van der Waals surface area (Å²) < 4.78 is 16.5. The number of hydrogen-bond donors (Lipinski definition) is 1. The number of unbranched alkanes of at least 4 members (excludes halogenated alkanes) is 1. The van der Waals surface area contributed by atoms with E-state index in [9.17, 15) is 4.79 Å². The van der Waals surface area contributed by atoms with Gasteiger partial charge in [-0.05, 0) is 49.8 Å². The lowest BCUT2D eigenvalue weighted by molar-refractivity contribution is 0.0950. The van der Waals surface area contributed by atoms with Crippen molar-refractivity contribution in [1.82, 2.24) is 20.2 Å². The van der Waals surface area contributed by atoms with Gasteiger partial charge in [0.15, 0.2) is 17.3 Å². The van der Waals surface area contributed by atoms with Crippen LogP contribution in [-0.2, 0) is 6.42 Å². The molecular weight excluding hydrogens is 456 g/mol. The SMILES string of the molecule is CCCCN(C)CCNC(=O)c1cccc(-c2nccc(OCCc3ccc(OC)c(OC)c3)n2)c1. The third-order valence-corrected chi connectivity index (χ3v) is 5.77. The normalized spacial score (nSPS) is 10.8. The second kappa shape index (κ2) is 14.0. The van der Waals surface area contributed by atoms with Gasteiger partial charge in [-0.1, -0.05) is 31.5 Å². The number of amides is 1. The first-order chi connectivity index (χ1) is 17.5. The molecule has 3 aromatic rings. The van der Waals surface area contributed by atoms with Crippen LogP contribution in [0.3, 0.4) is 0 Å². The zero-order valence-electron chi connectivity index (χ0n) is 21.6. The molecule has 1 amide bonds. The quantitative estimate of drug-likeness (QED) is 0.360. The summed E-state index contributed by atoms with van der Waals surface area (Å²) in [6.45, 7) is 5.07. The maximum Gasteiger partial charge on any atom is 0.251 e. The average molecular weight is 493 g/mol. The molecular formula is C28H36N4O4. The van der Waals surface area contributed by atoms with E-state index in [2.05, 4.69) is 34.2 Å². The summed E-state index contributed by atoms with van der Waals surface area (Å²) in [4.78, 5) is 23.8. The maximum atomic E-state index is 12.6. The fourth-order valence-corrected chi connectivity index (χ4v) is 3.67. The van der Waals surface area contributed by atoms with Crippen molar-refractivity contribution in [3.05, 3.63) is 65.9 Å². The monoisotopic (exact) mass is 492 g/mol. The van der Waals surface area contributed by atoms with Crippen LogP contribution in [0.25, 0.3) is 11.4 Å². The van der Waals surface area contributed by atoms with Crippen molar-refractivity contribution in [2.24, 2.45) is 0 Å². The van der Waals surface area contributed by atoms with Gasteiger partial charge in [0.1, 0.15) is 0 Å². The largest absolute Gasteiger partial charge is 0.493 e. The molecule has 0 bridgehead atoms. The van der Waals surface area contributed by atoms with E-state index in [1.165, 1.54) is 0 Å². The first kappa shape index (κ1) is 26.9. The van der Waals surface area contributed by atoms with Crippen molar-refractivity contribution in [2.75, 3.05) is 47.5 Å². The van der Waals surface area contributed by atoms with Gasteiger partial charge in [-0.25, -0.2) is 4.98 Å². The van der Waals surface area contributed by atoms with E-state index >= 15 is 0 Å². The second-order valence-corrected chi connectivity index (χ2v) is 8.50. The molecule has 0 spiro atoms. The first-order valence-electron chi connectivity index (χ1n) is 12.3. The van der Waals surface area contributed by atoms with Gasteiger partial charge >= 0.3 is 0 Å². The Hall–Kier alpha value is -3.65. The lowest BCUT2D eigenvalue weighted by Gasteiger charge is -2.16. The Kier molecular flexibility index (Phi) is 10.5. The number of benzene rings is 2. The molecule has 0 radical (unpaired) electrons. The Morgan fingerprint density at radius 3 is 2.64 bits per heavy atom. The molecule has 0 unspecified atom stereocenters. The molecule has 1 heterocycles. The number of ether oxygens (including phenoxy) is 3. The van der Waals surface area contributed by atoms with Gasteiger partial charge in [0.05, 0.1) is 20.8 Å². The van der Waals surface area contributed by atoms with E-state index in [-0.39, 0.29) is 5.91 Å². The highest BCUT2D eigenvalue weighted by Crippen LogP contribution is 2.27. The summed E-state index contributed by atoms with van der Waals surface area (Å²) in [5.74, 6) is 2.26. The minimum atomic E-state index is -0.108. The number of likely N-dealkylation sites (N-methyl/N-ethyl adjacent to an activating group) is 1. The summed E-state index contributed by atoms with van der Waals surface area (Å²) in [6, 6.07) is 14.9. The van der Waals surface area contributed by atoms with E-state index in [0.717, 1.165) is 37.1 Å². The zero-order valence-corrected chi connectivity index (χ0v) is 21.6. The number of methoxy groups -OCH3 is 2. The molecule has 2 aromatic carbocycles. The van der Waals surface area contributed by atoms with E-state index < -0.39 is 0 Å². The molecule has 0 fully saturated rings. The average Bonchev–Trinajstić information content (AvgIpc) is 2.92. The summed E-state index contributed by atoms with van der Waals surface area (Å²) in [5.41, 5.74) is 2.40. The van der Waals surface area contributed by atoms with Crippen LogP contribution in [0.15, 0.2) is 54.7 Å². The third kappa shape index (κ3) is 7.95. The Morgan fingerprint density at radius 1 is 1.03 bits per heavy atom. The molecule has 8 heteroatoms. The van der Waals surface area contributed by atoms with Crippen LogP contribution in [-0.4, -0.2) is 68.3 Å². The third-order valence-electron chi connectivity index (χ3n) is 5.77. The van der Waals surface area contributed by atoms with E-state index in [0.29, 0.717) is 48.3 Å². The fraction of sp³-hybridized carbons (Fsp3) is 0.393. The molecule has 0 saturated heterocycles. The van der Waals surface area contributed by atoms with Crippen LogP contribution < -0.4 is 19.5 Å². The minimum Gasteiger partial charge on any atom is -0.493 e. The second-order valence-electron chi connectivity index (χ2n) is 8.50. The van der Waals surface area contributed by atoms with Crippen molar-refractivity contribution in [3.63, 3.8) is 0 Å². The van der Waals surface area contributed by atoms with Crippen molar-refractivity contribution >= 4 is 5.91 Å². The van der Waals surface area contributed by atoms with Gasteiger partial charge in [0.2, 0.25) is 5.88 Å². The lowest BCUT2D eigenvalue weighted by atomic mass is 10.1. The van der Waals surface area contributed by atoms with Crippen LogP contribution in [0.5, 0.6) is 17.4 Å². The van der Waals surface area contributed by atoms with Gasteiger partial charge in [0.25, 0.3) is 5.91 Å². The number of aromatic nitrogens is 2. The van der Waals surface area contributed by atoms with Gasteiger partial charge in [-0.15, -0.1) is 0 Å². The molecule has 0 atom stereocenters. The van der Waals surface area contributed by atoms with Crippen LogP contribution in [0.1, 0.15) is 35.7 Å². The van der Waals surface area contributed by atoms with Crippen molar-refractivity contribution < 1.29 is 19.0 Å². The van der Waals surface area contributed by atoms with Crippen molar-refractivity contribution in [2.45, 2.75) is 26.2 Å². The number of carbonyl (C=O) groups is 1. The van der Waals surface area contributed by atoms with Gasteiger partial charge in [-0.3, -0.25) is 4.79 Å². The highest BCUT2D eigenvalue weighted by Gasteiger charge is 2.10. The molecule has 3 rings (SSSR count). The van der Waals surface area contributed by atoms with Crippen molar-refractivity contribution in [1.29, 1.82) is 0 Å². The Morgan fingerprint density at radius 2 is 1.86 bits per heavy atom. The number of nitrogens with one attached hydrogen (secondary N) is 1. The molecule has 0 aliphatic carbocycles. The van der Waals surface area contributed by atoms with Crippen LogP contribution in [0, 0.1) is 0 Å². The minimum absolute atomic E-state index is 0.108. The Bertz CT molecular complexity index is 1120. The van der Waals surface area contributed by atoms with Gasteiger partial charge in [-0.2, -0.15) is 4.98 Å². The highest BCUT2D eigenvalue weighted by atomic mass is 16.5. The van der Waals surface area contributed by atoms with E-state index in [1.807, 2.05) is 30.3 Å². The van der Waals surface area contributed by atoms with Crippen molar-refractivity contribution in [3.8, 4) is 28.8 Å². The number of hydrogen-bond acceptors (Lipinski definition) is 7. The summed E-state index contributed by atoms with van der Waals surface area (Å²) in [5, 5.41) is 2.99. The predicted molar refractivity (Wildman–Crippen MR) is 141 cm³/mol. The molecule has 0 aliphatic rings. The summed E-state index contributed by atoms with van der Waals surface area (Å²) in [7, 11) is 5.30. The molecule has 0 saturated carbocycles. The van der Waals surface area contributed by atoms with Crippen LogP contribution in [0.4, 0.5) is 0 Å². The number of rotatable bonds is 14. The molecule has 36 heavy (non-hydrogen) atoms. The number of nitrogens with zero attached hydrogens (tertiary/aromatic N) is 3. The smallest absolute Gasteiger partial charge is 0.251 e. The first-order valence-corrected chi connectivity index (χ1v) is 12.3. The van der Waals surface area contributed by atoms with E-state index in [4.69, 9.17) is 14.2 Å². The maximum absolute atomic E-state index is 12.6. The molecule has 1 aromatic heterocycles. The van der Waals surface area contributed by atoms with E-state index in [1.54, 1.807) is 38.6 Å². The Balaban J connectivity index is 1.57. The molecule has 8 nitrogen and oxygen atoms in total. The highest BCUT2D eigenvalue weighted by molar-refractivity contribution is 5.95. The number of carbonyl (C=O) groups excluding carboxylic acids is 1. The predicted octanol–water partition coefficient (Wildman–Crippen LogP) is 4.24. The lowest BCUT2D eigenvalue weighted by Crippen LogP contribution is -2.33. The zero-order chi connectivity index (χ0) is 25.8. The Labute approximate surface area is 213 Å². The summed E-state index contributed by atoms with van der Waals surface area (Å²) in [6.07, 6.45) is 4.66. The summed E-state index contributed by atoms with van der Waals surface area (Å²) >= 11 is 0.